The molecule has 28 heavy (non-hydrogen) atoms. The van der Waals surface area contributed by atoms with Crippen molar-refractivity contribution in [2.24, 2.45) is 5.10 Å². The lowest BCUT2D eigenvalue weighted by atomic mass is 10.2. The van der Waals surface area contributed by atoms with Gasteiger partial charge in [0.15, 0.2) is 11.8 Å². The Hall–Kier alpha value is -2.21. The van der Waals surface area contributed by atoms with Crippen LogP contribution in [0.1, 0.15) is 17.0 Å². The average molecular weight is 514 g/mol. The third kappa shape index (κ3) is 7.43. The molecular weight excluding hydrogens is 495 g/mol. The van der Waals surface area contributed by atoms with Crippen LogP contribution in [0.2, 0.25) is 0 Å². The zero-order chi connectivity index (χ0) is 20.5. The van der Waals surface area contributed by atoms with Crippen molar-refractivity contribution in [2.75, 3.05) is 19.5 Å². The van der Waals surface area contributed by atoms with E-state index in [-0.39, 0.29) is 18.3 Å². The molecule has 1 heterocycles. The number of hydrazone groups is 1. The predicted molar refractivity (Wildman–Crippen MR) is 115 cm³/mol. The number of benzene rings is 1. The quantitative estimate of drug-likeness (QED) is 0.144. The summed E-state index contributed by atoms with van der Waals surface area (Å²) in [5.41, 5.74) is 4.98. The molecule has 1 aromatic heterocycles. The first-order valence-corrected chi connectivity index (χ1v) is 10.2. The molecule has 1 N–H and O–H groups in total. The lowest BCUT2D eigenvalue weighted by Gasteiger charge is -2.07. The van der Waals surface area contributed by atoms with Gasteiger partial charge >= 0.3 is 5.97 Å². The predicted octanol–water partition coefficient (Wildman–Crippen LogP) is 2.49. The van der Waals surface area contributed by atoms with E-state index in [2.05, 4.69) is 47.8 Å². The van der Waals surface area contributed by atoms with E-state index >= 15 is 0 Å². The first-order valence-electron chi connectivity index (χ1n) is 8.13. The van der Waals surface area contributed by atoms with E-state index in [1.807, 2.05) is 26.0 Å². The fourth-order valence-electron chi connectivity index (χ4n) is 2.01. The second-order valence-corrected chi connectivity index (χ2v) is 7.67. The Balaban J connectivity index is 1.83. The van der Waals surface area contributed by atoms with Crippen LogP contribution in [0.4, 0.5) is 0 Å². The van der Waals surface area contributed by atoms with Gasteiger partial charge in [0.2, 0.25) is 0 Å². The number of carbonyl (C=O) groups is 2. The van der Waals surface area contributed by atoms with Gasteiger partial charge < -0.3 is 9.47 Å². The van der Waals surface area contributed by atoms with Gasteiger partial charge in [-0.25, -0.2) is 20.2 Å². The number of ether oxygens (including phenoxy) is 2. The van der Waals surface area contributed by atoms with Crippen LogP contribution in [0.3, 0.4) is 0 Å². The zero-order valence-electron chi connectivity index (χ0n) is 15.6. The fourth-order valence-corrected chi connectivity index (χ4v) is 3.45. The second-order valence-electron chi connectivity index (χ2n) is 5.57. The Morgan fingerprint density at radius 2 is 1.96 bits per heavy atom. The SMILES string of the molecule is COC(=O)COc1ccc(/C=N\NC(=O)CSc2nc(C)cc(C)n2)cc1I. The molecule has 0 saturated heterocycles. The standard InChI is InChI=1S/C18H19IN4O4S/c1-11-6-12(2)22-18(21-11)28-10-16(24)23-20-8-13-4-5-15(14(19)7-13)27-9-17(25)26-3/h4-8H,9-10H2,1-3H3,(H,23,24)/b20-8-. The molecule has 0 aliphatic rings. The Bertz CT molecular complexity index is 872. The highest BCUT2D eigenvalue weighted by atomic mass is 127. The van der Waals surface area contributed by atoms with Crippen LogP contribution in [0.25, 0.3) is 0 Å². The molecule has 0 aliphatic carbocycles. The first-order chi connectivity index (χ1) is 13.4. The highest BCUT2D eigenvalue weighted by Gasteiger charge is 2.07. The Labute approximate surface area is 180 Å². The normalized spacial score (nSPS) is 10.7. The minimum absolute atomic E-state index is 0.155. The molecule has 0 aliphatic heterocycles. The topological polar surface area (TPSA) is 103 Å². The summed E-state index contributed by atoms with van der Waals surface area (Å²) >= 11 is 3.35. The van der Waals surface area contributed by atoms with E-state index in [1.54, 1.807) is 12.1 Å². The van der Waals surface area contributed by atoms with Gasteiger partial charge in [-0.3, -0.25) is 4.79 Å². The van der Waals surface area contributed by atoms with Crippen molar-refractivity contribution in [1.29, 1.82) is 0 Å². The summed E-state index contributed by atoms with van der Waals surface area (Å²) in [6.45, 7) is 3.62. The van der Waals surface area contributed by atoms with Crippen LogP contribution < -0.4 is 10.2 Å². The highest BCUT2D eigenvalue weighted by Crippen LogP contribution is 2.21. The molecule has 2 aromatic rings. The number of halogens is 1. The number of esters is 1. The molecule has 0 spiro atoms. The molecule has 0 saturated carbocycles. The molecule has 1 amide bonds. The molecular formula is C18H19IN4O4S. The van der Waals surface area contributed by atoms with Crippen molar-refractivity contribution >= 4 is 52.4 Å². The van der Waals surface area contributed by atoms with Crippen LogP contribution in [-0.4, -0.2) is 47.5 Å². The van der Waals surface area contributed by atoms with Crippen molar-refractivity contribution in [1.82, 2.24) is 15.4 Å². The van der Waals surface area contributed by atoms with Crippen molar-refractivity contribution in [3.05, 3.63) is 44.8 Å². The van der Waals surface area contributed by atoms with Gasteiger partial charge in [0.1, 0.15) is 5.75 Å². The summed E-state index contributed by atoms with van der Waals surface area (Å²) in [6.07, 6.45) is 1.53. The van der Waals surface area contributed by atoms with E-state index in [9.17, 15) is 9.59 Å². The monoisotopic (exact) mass is 514 g/mol. The number of nitrogens with one attached hydrogen (secondary N) is 1. The van der Waals surface area contributed by atoms with Crippen molar-refractivity contribution in [3.8, 4) is 5.75 Å². The second kappa shape index (κ2) is 11.0. The number of hydrogen-bond donors (Lipinski definition) is 1. The molecule has 0 radical (unpaired) electrons. The maximum Gasteiger partial charge on any atom is 0.343 e. The largest absolute Gasteiger partial charge is 0.481 e. The summed E-state index contributed by atoms with van der Waals surface area (Å²) < 4.78 is 10.7. The maximum atomic E-state index is 11.9. The number of aryl methyl sites for hydroxylation is 2. The first kappa shape index (κ1) is 22.1. The fraction of sp³-hybridized carbons (Fsp3) is 0.278. The number of carbonyl (C=O) groups excluding carboxylic acids is 2. The molecule has 1 aromatic carbocycles. The van der Waals surface area contributed by atoms with Crippen LogP contribution >= 0.6 is 34.4 Å². The zero-order valence-corrected chi connectivity index (χ0v) is 18.5. The van der Waals surface area contributed by atoms with Crippen LogP contribution in [0.15, 0.2) is 34.5 Å². The molecule has 10 heteroatoms. The van der Waals surface area contributed by atoms with E-state index < -0.39 is 5.97 Å². The molecule has 0 bridgehead atoms. The summed E-state index contributed by atoms with van der Waals surface area (Å²) in [4.78, 5) is 31.6. The summed E-state index contributed by atoms with van der Waals surface area (Å²) in [5, 5.41) is 4.51. The van der Waals surface area contributed by atoms with Gasteiger partial charge in [0.05, 0.1) is 22.6 Å². The third-order valence-corrected chi connectivity index (χ3v) is 4.92. The minimum Gasteiger partial charge on any atom is -0.481 e. The molecule has 0 fully saturated rings. The summed E-state index contributed by atoms with van der Waals surface area (Å²) in [5.74, 6) is 0.0277. The Morgan fingerprint density at radius 3 is 2.61 bits per heavy atom. The smallest absolute Gasteiger partial charge is 0.343 e. The number of nitrogens with zero attached hydrogens (tertiary/aromatic N) is 3. The third-order valence-electron chi connectivity index (χ3n) is 3.23. The van der Waals surface area contributed by atoms with Gasteiger partial charge in [-0.2, -0.15) is 5.10 Å². The maximum absolute atomic E-state index is 11.9. The number of thioether (sulfide) groups is 1. The molecule has 0 atom stereocenters. The molecule has 148 valence electrons. The van der Waals surface area contributed by atoms with E-state index in [1.165, 1.54) is 25.1 Å². The number of aromatic nitrogens is 2. The van der Waals surface area contributed by atoms with Crippen LogP contribution in [0.5, 0.6) is 5.75 Å². The average Bonchev–Trinajstić information content (AvgIpc) is 2.64. The number of amides is 1. The van der Waals surface area contributed by atoms with E-state index in [0.717, 1.165) is 20.5 Å². The van der Waals surface area contributed by atoms with E-state index in [4.69, 9.17) is 4.74 Å². The number of methoxy groups -OCH3 is 1. The van der Waals surface area contributed by atoms with Gasteiger partial charge in [-0.15, -0.1) is 0 Å². The lowest BCUT2D eigenvalue weighted by molar-refractivity contribution is -0.142. The number of hydrogen-bond acceptors (Lipinski definition) is 8. The van der Waals surface area contributed by atoms with E-state index in [0.29, 0.717) is 10.9 Å². The van der Waals surface area contributed by atoms with Gasteiger partial charge in [-0.05, 0) is 66.3 Å². The molecule has 2 rings (SSSR count). The molecule has 8 nitrogen and oxygen atoms in total. The lowest BCUT2D eigenvalue weighted by Crippen LogP contribution is -2.19. The summed E-state index contributed by atoms with van der Waals surface area (Å²) in [6, 6.07) is 7.19. The Morgan fingerprint density at radius 1 is 1.25 bits per heavy atom. The number of rotatable bonds is 8. The van der Waals surface area contributed by atoms with Gasteiger partial charge in [-0.1, -0.05) is 11.8 Å². The summed E-state index contributed by atoms with van der Waals surface area (Å²) in [7, 11) is 1.30. The molecule has 0 unspecified atom stereocenters. The van der Waals surface area contributed by atoms with Crippen LogP contribution in [0, 0.1) is 17.4 Å². The van der Waals surface area contributed by atoms with Crippen molar-refractivity contribution in [2.45, 2.75) is 19.0 Å². The highest BCUT2D eigenvalue weighted by molar-refractivity contribution is 14.1. The van der Waals surface area contributed by atoms with Crippen molar-refractivity contribution in [3.63, 3.8) is 0 Å². The van der Waals surface area contributed by atoms with Gasteiger partial charge in [0.25, 0.3) is 5.91 Å². The van der Waals surface area contributed by atoms with Crippen molar-refractivity contribution < 1.29 is 19.1 Å². The van der Waals surface area contributed by atoms with Gasteiger partial charge in [0, 0.05) is 11.4 Å². The Kier molecular flexibility index (Phi) is 8.64. The minimum atomic E-state index is -0.451. The van der Waals surface area contributed by atoms with Crippen LogP contribution in [-0.2, 0) is 14.3 Å².